The number of hydrogen-bond acceptors (Lipinski definition) is 4. The smallest absolute Gasteiger partial charge is 0.259 e. The molecule has 2 rings (SSSR count). The van der Waals surface area contributed by atoms with E-state index in [0.717, 1.165) is 16.8 Å². The molecule has 0 atom stereocenters. The van der Waals surface area contributed by atoms with Gasteiger partial charge in [0.05, 0.1) is 25.6 Å². The number of benzene rings is 2. The molecule has 5 heteroatoms. The van der Waals surface area contributed by atoms with Crippen molar-refractivity contribution in [1.29, 1.82) is 0 Å². The van der Waals surface area contributed by atoms with E-state index < -0.39 is 0 Å². The van der Waals surface area contributed by atoms with Gasteiger partial charge in [0.1, 0.15) is 5.75 Å². The number of nitrogens with zero attached hydrogens (tertiary/aromatic N) is 1. The van der Waals surface area contributed by atoms with Crippen molar-refractivity contribution in [2.24, 2.45) is 5.10 Å². The number of para-hydroxylation sites is 2. The number of anilines is 1. The zero-order valence-electron chi connectivity index (χ0n) is 12.7. The topological polar surface area (TPSA) is 62.7 Å². The van der Waals surface area contributed by atoms with Gasteiger partial charge in [0, 0.05) is 0 Å². The summed E-state index contributed by atoms with van der Waals surface area (Å²) in [5.41, 5.74) is 5.34. The highest BCUT2D eigenvalue weighted by molar-refractivity contribution is 5.85. The van der Waals surface area contributed by atoms with Crippen LogP contribution in [0.1, 0.15) is 11.1 Å². The molecule has 2 aromatic rings. The van der Waals surface area contributed by atoms with Crippen molar-refractivity contribution in [3.05, 3.63) is 59.7 Å². The third kappa shape index (κ3) is 4.34. The number of ether oxygens (including phenoxy) is 1. The lowest BCUT2D eigenvalue weighted by Gasteiger charge is -2.09. The lowest BCUT2D eigenvalue weighted by atomic mass is 10.1. The Balaban J connectivity index is 1.85. The molecule has 0 bridgehead atoms. The van der Waals surface area contributed by atoms with E-state index in [-0.39, 0.29) is 12.5 Å². The van der Waals surface area contributed by atoms with Crippen molar-refractivity contribution in [3.63, 3.8) is 0 Å². The van der Waals surface area contributed by atoms with Crippen LogP contribution in [0.3, 0.4) is 0 Å². The molecular weight excluding hydrogens is 278 g/mol. The molecule has 0 fully saturated rings. The highest BCUT2D eigenvalue weighted by atomic mass is 16.5. The number of nitrogens with one attached hydrogen (secondary N) is 2. The van der Waals surface area contributed by atoms with E-state index in [4.69, 9.17) is 4.74 Å². The summed E-state index contributed by atoms with van der Waals surface area (Å²) < 4.78 is 5.21. The van der Waals surface area contributed by atoms with Crippen LogP contribution in [0.5, 0.6) is 5.75 Å². The summed E-state index contributed by atoms with van der Waals surface area (Å²) in [6, 6.07) is 15.3. The zero-order valence-corrected chi connectivity index (χ0v) is 12.7. The van der Waals surface area contributed by atoms with E-state index in [1.807, 2.05) is 55.5 Å². The molecule has 1 amide bonds. The second-order valence-corrected chi connectivity index (χ2v) is 4.70. The number of carbonyl (C=O) groups excluding carboxylic acids is 1. The maximum absolute atomic E-state index is 11.8. The molecule has 0 unspecified atom stereocenters. The number of methoxy groups -OCH3 is 1. The molecule has 5 nitrogen and oxygen atoms in total. The lowest BCUT2D eigenvalue weighted by Crippen LogP contribution is -2.26. The van der Waals surface area contributed by atoms with E-state index in [9.17, 15) is 4.79 Å². The van der Waals surface area contributed by atoms with Crippen LogP contribution in [0.4, 0.5) is 5.69 Å². The van der Waals surface area contributed by atoms with E-state index >= 15 is 0 Å². The van der Waals surface area contributed by atoms with Gasteiger partial charge in [-0.05, 0) is 30.2 Å². The van der Waals surface area contributed by atoms with Gasteiger partial charge in [-0.25, -0.2) is 5.43 Å². The molecule has 0 heterocycles. The lowest BCUT2D eigenvalue weighted by molar-refractivity contribution is -0.119. The fourth-order valence-electron chi connectivity index (χ4n) is 1.91. The van der Waals surface area contributed by atoms with Crippen molar-refractivity contribution in [1.82, 2.24) is 5.43 Å². The van der Waals surface area contributed by atoms with Crippen molar-refractivity contribution >= 4 is 17.8 Å². The first-order valence-corrected chi connectivity index (χ1v) is 6.95. The Labute approximate surface area is 130 Å². The van der Waals surface area contributed by atoms with Gasteiger partial charge in [-0.15, -0.1) is 0 Å². The van der Waals surface area contributed by atoms with Crippen LogP contribution in [-0.4, -0.2) is 25.8 Å². The highest BCUT2D eigenvalue weighted by Gasteiger charge is 2.03. The molecule has 0 aliphatic rings. The largest absolute Gasteiger partial charge is 0.495 e. The fourth-order valence-corrected chi connectivity index (χ4v) is 1.91. The van der Waals surface area contributed by atoms with E-state index in [1.165, 1.54) is 0 Å². The molecular formula is C17H19N3O2. The van der Waals surface area contributed by atoms with Gasteiger partial charge in [-0.1, -0.05) is 36.4 Å². The Morgan fingerprint density at radius 2 is 1.91 bits per heavy atom. The number of hydrogen-bond donors (Lipinski definition) is 2. The molecule has 0 saturated carbocycles. The van der Waals surface area contributed by atoms with Gasteiger partial charge in [0.15, 0.2) is 0 Å². The van der Waals surface area contributed by atoms with Gasteiger partial charge < -0.3 is 10.1 Å². The quantitative estimate of drug-likeness (QED) is 0.636. The second kappa shape index (κ2) is 7.83. The van der Waals surface area contributed by atoms with Crippen LogP contribution >= 0.6 is 0 Å². The van der Waals surface area contributed by atoms with Crippen molar-refractivity contribution in [3.8, 4) is 5.75 Å². The molecule has 0 radical (unpaired) electrons. The Bertz CT molecular complexity index is 668. The van der Waals surface area contributed by atoms with Gasteiger partial charge in [-0.3, -0.25) is 4.79 Å². The summed E-state index contributed by atoms with van der Waals surface area (Å²) in [5, 5.41) is 6.97. The third-order valence-corrected chi connectivity index (χ3v) is 3.13. The molecule has 22 heavy (non-hydrogen) atoms. The monoisotopic (exact) mass is 297 g/mol. The first kappa shape index (κ1) is 15.6. The molecule has 0 spiro atoms. The summed E-state index contributed by atoms with van der Waals surface area (Å²) in [5.74, 6) is 0.467. The normalized spacial score (nSPS) is 10.5. The van der Waals surface area contributed by atoms with Crippen LogP contribution in [0.2, 0.25) is 0 Å². The molecule has 0 aliphatic carbocycles. The summed E-state index contributed by atoms with van der Waals surface area (Å²) in [6.07, 6.45) is 1.64. The van der Waals surface area contributed by atoms with Crippen molar-refractivity contribution in [2.45, 2.75) is 6.92 Å². The Morgan fingerprint density at radius 1 is 1.18 bits per heavy atom. The van der Waals surface area contributed by atoms with Crippen LogP contribution in [0.25, 0.3) is 0 Å². The standard InChI is InChI=1S/C17H19N3O2/c1-13-7-3-4-8-14(13)11-19-20-17(21)12-18-15-9-5-6-10-16(15)22-2/h3-11,18H,12H2,1-2H3,(H,20,21)/b19-11-. The molecule has 114 valence electrons. The van der Waals surface area contributed by atoms with Crippen molar-refractivity contribution in [2.75, 3.05) is 19.0 Å². The predicted octanol–water partition coefficient (Wildman–Crippen LogP) is 2.57. The minimum atomic E-state index is -0.226. The number of aryl methyl sites for hydroxylation is 1. The van der Waals surface area contributed by atoms with Crippen LogP contribution in [0, 0.1) is 6.92 Å². The Morgan fingerprint density at radius 3 is 2.68 bits per heavy atom. The molecule has 2 aromatic carbocycles. The molecule has 0 saturated heterocycles. The minimum Gasteiger partial charge on any atom is -0.495 e. The number of amides is 1. The molecule has 0 aromatic heterocycles. The van der Waals surface area contributed by atoms with E-state index in [0.29, 0.717) is 5.75 Å². The van der Waals surface area contributed by atoms with Gasteiger partial charge in [0.2, 0.25) is 0 Å². The summed E-state index contributed by atoms with van der Waals surface area (Å²) in [4.78, 5) is 11.8. The first-order chi connectivity index (χ1) is 10.7. The predicted molar refractivity (Wildman–Crippen MR) is 88.4 cm³/mol. The highest BCUT2D eigenvalue weighted by Crippen LogP contribution is 2.22. The first-order valence-electron chi connectivity index (χ1n) is 6.95. The Hall–Kier alpha value is -2.82. The van der Waals surface area contributed by atoms with Crippen LogP contribution in [-0.2, 0) is 4.79 Å². The van der Waals surface area contributed by atoms with Gasteiger partial charge in [-0.2, -0.15) is 5.10 Å². The maximum Gasteiger partial charge on any atom is 0.259 e. The molecule has 0 aliphatic heterocycles. The number of carbonyl (C=O) groups is 1. The van der Waals surface area contributed by atoms with Crippen molar-refractivity contribution < 1.29 is 9.53 Å². The minimum absolute atomic E-state index is 0.117. The average molecular weight is 297 g/mol. The fraction of sp³-hybridized carbons (Fsp3) is 0.176. The van der Waals surface area contributed by atoms with Gasteiger partial charge >= 0.3 is 0 Å². The second-order valence-electron chi connectivity index (χ2n) is 4.70. The van der Waals surface area contributed by atoms with Crippen LogP contribution < -0.4 is 15.5 Å². The summed E-state index contributed by atoms with van der Waals surface area (Å²) in [7, 11) is 1.59. The maximum atomic E-state index is 11.8. The van der Waals surface area contributed by atoms with E-state index in [1.54, 1.807) is 13.3 Å². The van der Waals surface area contributed by atoms with Crippen LogP contribution in [0.15, 0.2) is 53.6 Å². The summed E-state index contributed by atoms with van der Waals surface area (Å²) in [6.45, 7) is 2.11. The number of rotatable bonds is 6. The average Bonchev–Trinajstić information content (AvgIpc) is 2.55. The summed E-state index contributed by atoms with van der Waals surface area (Å²) >= 11 is 0. The SMILES string of the molecule is COc1ccccc1NCC(=O)N/N=C\c1ccccc1C. The molecule has 2 N–H and O–H groups in total. The van der Waals surface area contributed by atoms with E-state index in [2.05, 4.69) is 15.8 Å². The zero-order chi connectivity index (χ0) is 15.8. The Kier molecular flexibility index (Phi) is 5.54. The third-order valence-electron chi connectivity index (χ3n) is 3.13. The van der Waals surface area contributed by atoms with Gasteiger partial charge in [0.25, 0.3) is 5.91 Å². The number of hydrazone groups is 1.